The first kappa shape index (κ1) is 17.0. The molecule has 0 saturated carbocycles. The first-order valence-corrected chi connectivity index (χ1v) is 8.03. The van der Waals surface area contributed by atoms with E-state index in [1.807, 2.05) is 29.2 Å². The number of carbonyl (C=O) groups is 1. The lowest BCUT2D eigenvalue weighted by Crippen LogP contribution is -2.50. The van der Waals surface area contributed by atoms with Crippen LogP contribution < -0.4 is 19.8 Å². The number of amides is 1. The summed E-state index contributed by atoms with van der Waals surface area (Å²) < 4.78 is 10.2. The molecule has 2 heterocycles. The zero-order chi connectivity index (χ0) is 17.8. The summed E-state index contributed by atoms with van der Waals surface area (Å²) in [5.74, 6) is 1.03. The number of hydrogen-bond acceptors (Lipinski definition) is 5. The zero-order valence-electron chi connectivity index (χ0n) is 14.3. The summed E-state index contributed by atoms with van der Waals surface area (Å²) >= 11 is 0. The van der Waals surface area contributed by atoms with Crippen LogP contribution in [0.25, 0.3) is 0 Å². The highest BCUT2D eigenvalue weighted by molar-refractivity contribution is 5.95. The number of nitrogens with zero attached hydrogens (tertiary/aromatic N) is 2. The van der Waals surface area contributed by atoms with Gasteiger partial charge in [-0.15, -0.1) is 0 Å². The van der Waals surface area contributed by atoms with Crippen molar-refractivity contribution in [1.29, 1.82) is 0 Å². The van der Waals surface area contributed by atoms with Crippen LogP contribution in [-0.4, -0.2) is 49.6 Å². The summed E-state index contributed by atoms with van der Waals surface area (Å²) in [7, 11) is 3.06. The van der Waals surface area contributed by atoms with Gasteiger partial charge in [-0.05, 0) is 12.1 Å². The van der Waals surface area contributed by atoms with Gasteiger partial charge in [0.05, 0.1) is 20.8 Å². The number of aromatic nitrogens is 1. The van der Waals surface area contributed by atoms with Crippen LogP contribution in [0.4, 0.5) is 5.69 Å². The number of rotatable bonds is 5. The molecule has 3 rings (SSSR count). The average molecular weight is 343 g/mol. The van der Waals surface area contributed by atoms with Crippen molar-refractivity contribution in [3.8, 4) is 11.5 Å². The van der Waals surface area contributed by atoms with Gasteiger partial charge in [0.25, 0.3) is 0 Å². The van der Waals surface area contributed by atoms with E-state index in [1.54, 1.807) is 18.2 Å². The number of pyridine rings is 1. The van der Waals surface area contributed by atoms with Gasteiger partial charge >= 0.3 is 0 Å². The maximum atomic E-state index is 12.5. The zero-order valence-corrected chi connectivity index (χ0v) is 14.3. The van der Waals surface area contributed by atoms with E-state index in [0.29, 0.717) is 19.6 Å². The number of piperazine rings is 1. The van der Waals surface area contributed by atoms with Crippen molar-refractivity contribution < 1.29 is 14.3 Å². The lowest BCUT2D eigenvalue weighted by Gasteiger charge is -2.34. The maximum absolute atomic E-state index is 12.5. The van der Waals surface area contributed by atoms with Gasteiger partial charge in [-0.3, -0.25) is 14.5 Å². The Hall–Kier alpha value is -2.80. The molecule has 0 bridgehead atoms. The highest BCUT2D eigenvalue weighted by atomic mass is 16.5. The molecule has 2 aromatic rings. The molecular weight excluding hydrogens is 322 g/mol. The molecule has 0 atom stereocenters. The fourth-order valence-corrected chi connectivity index (χ4v) is 2.90. The third-order valence-electron chi connectivity index (χ3n) is 4.22. The second-order valence-electron chi connectivity index (χ2n) is 5.85. The lowest BCUT2D eigenvalue weighted by molar-refractivity contribution is -0.121. The number of ether oxygens (including phenoxy) is 2. The number of H-pyrrole nitrogens is 1. The molecule has 25 heavy (non-hydrogen) atoms. The van der Waals surface area contributed by atoms with Crippen LogP contribution in [0.1, 0.15) is 5.69 Å². The van der Waals surface area contributed by atoms with E-state index in [4.69, 9.17) is 9.47 Å². The molecule has 132 valence electrons. The predicted octanol–water partition coefficient (Wildman–Crippen LogP) is 1.24. The minimum atomic E-state index is -0.169. The van der Waals surface area contributed by atoms with E-state index in [9.17, 15) is 9.59 Å². The summed E-state index contributed by atoms with van der Waals surface area (Å²) in [6.45, 7) is 2.12. The first-order chi connectivity index (χ1) is 12.1. The second kappa shape index (κ2) is 7.40. The number of methoxy groups -OCH3 is 2. The van der Waals surface area contributed by atoms with E-state index in [1.165, 1.54) is 13.2 Å². The third-order valence-corrected chi connectivity index (χ3v) is 4.22. The molecule has 0 radical (unpaired) electrons. The smallest absolute Gasteiger partial charge is 0.241 e. The molecule has 1 aliphatic rings. The Morgan fingerprint density at radius 2 is 1.96 bits per heavy atom. The van der Waals surface area contributed by atoms with E-state index in [0.717, 1.165) is 23.7 Å². The number of hydrogen-bond donors (Lipinski definition) is 1. The van der Waals surface area contributed by atoms with Gasteiger partial charge < -0.3 is 19.4 Å². The minimum absolute atomic E-state index is 0.0235. The largest absolute Gasteiger partial charge is 0.497 e. The lowest BCUT2D eigenvalue weighted by atomic mass is 10.2. The number of nitrogens with one attached hydrogen (secondary N) is 1. The first-order valence-electron chi connectivity index (χ1n) is 8.03. The summed E-state index contributed by atoms with van der Waals surface area (Å²) in [6.07, 6.45) is 1.55. The summed E-state index contributed by atoms with van der Waals surface area (Å²) in [6, 6.07) is 8.99. The molecule has 1 aromatic carbocycles. The standard InChI is InChI=1S/C18H21N3O4/c1-24-15-5-3-4-14(9-15)21-7-6-20(12-18(21)23)11-13-8-16(22)17(25-2)10-19-13/h3-5,8-10H,6-7,11-12H2,1-2H3,(H,19,22). The minimum Gasteiger partial charge on any atom is -0.497 e. The Kier molecular flexibility index (Phi) is 5.04. The number of anilines is 1. The van der Waals surface area contributed by atoms with Crippen LogP contribution in [0.5, 0.6) is 11.5 Å². The Morgan fingerprint density at radius 1 is 1.12 bits per heavy atom. The molecule has 0 spiro atoms. The van der Waals surface area contributed by atoms with Crippen molar-refractivity contribution in [3.05, 3.63) is 52.4 Å². The van der Waals surface area contributed by atoms with Crippen LogP contribution in [0.2, 0.25) is 0 Å². The average Bonchev–Trinajstić information content (AvgIpc) is 2.62. The molecular formula is C18H21N3O4. The topological polar surface area (TPSA) is 74.9 Å². The Morgan fingerprint density at radius 3 is 2.64 bits per heavy atom. The van der Waals surface area contributed by atoms with Gasteiger partial charge in [0.15, 0.2) is 5.75 Å². The van der Waals surface area contributed by atoms with Crippen molar-refractivity contribution in [2.75, 3.05) is 38.8 Å². The third kappa shape index (κ3) is 3.83. The van der Waals surface area contributed by atoms with Gasteiger partial charge in [-0.1, -0.05) is 6.07 Å². The molecule has 7 heteroatoms. The summed E-state index contributed by atoms with van der Waals surface area (Å²) in [4.78, 5) is 31.1. The number of aromatic amines is 1. The van der Waals surface area contributed by atoms with Crippen molar-refractivity contribution in [2.45, 2.75) is 6.54 Å². The monoisotopic (exact) mass is 343 g/mol. The normalized spacial score (nSPS) is 15.3. The van der Waals surface area contributed by atoms with Crippen LogP contribution in [-0.2, 0) is 11.3 Å². The molecule has 1 aliphatic heterocycles. The Bertz CT molecular complexity index is 818. The SMILES string of the molecule is COc1cccc(N2CCN(Cc3cc(=O)c(OC)c[nH]3)CC2=O)c1. The molecule has 1 N–H and O–H groups in total. The highest BCUT2D eigenvalue weighted by Gasteiger charge is 2.25. The molecule has 1 aromatic heterocycles. The molecule has 1 fully saturated rings. The van der Waals surface area contributed by atoms with Gasteiger partial charge in [0.2, 0.25) is 11.3 Å². The maximum Gasteiger partial charge on any atom is 0.241 e. The van der Waals surface area contributed by atoms with Gasteiger partial charge in [0, 0.05) is 49.3 Å². The van der Waals surface area contributed by atoms with E-state index in [2.05, 4.69) is 4.98 Å². The predicted molar refractivity (Wildman–Crippen MR) is 94.2 cm³/mol. The van der Waals surface area contributed by atoms with Gasteiger partial charge in [0.1, 0.15) is 5.75 Å². The fourth-order valence-electron chi connectivity index (χ4n) is 2.90. The fraction of sp³-hybridized carbons (Fsp3) is 0.333. The summed E-state index contributed by atoms with van der Waals surface area (Å²) in [5.41, 5.74) is 1.42. The van der Waals surface area contributed by atoms with Crippen LogP contribution >= 0.6 is 0 Å². The van der Waals surface area contributed by atoms with E-state index >= 15 is 0 Å². The molecule has 1 saturated heterocycles. The molecule has 1 amide bonds. The Labute approximate surface area is 145 Å². The molecule has 0 unspecified atom stereocenters. The van der Waals surface area contributed by atoms with Crippen LogP contribution in [0.3, 0.4) is 0 Å². The summed E-state index contributed by atoms with van der Waals surface area (Å²) in [5, 5.41) is 0. The van der Waals surface area contributed by atoms with Gasteiger partial charge in [-0.2, -0.15) is 0 Å². The van der Waals surface area contributed by atoms with Gasteiger partial charge in [-0.25, -0.2) is 0 Å². The number of carbonyl (C=O) groups excluding carboxylic acids is 1. The molecule has 7 nitrogen and oxygen atoms in total. The van der Waals surface area contributed by atoms with Crippen LogP contribution in [0.15, 0.2) is 41.3 Å². The van der Waals surface area contributed by atoms with Crippen LogP contribution in [0, 0.1) is 0 Å². The van der Waals surface area contributed by atoms with Crippen molar-refractivity contribution >= 4 is 11.6 Å². The highest BCUT2D eigenvalue weighted by Crippen LogP contribution is 2.23. The second-order valence-corrected chi connectivity index (χ2v) is 5.85. The number of benzene rings is 1. The van der Waals surface area contributed by atoms with E-state index in [-0.39, 0.29) is 17.1 Å². The Balaban J connectivity index is 1.66. The van der Waals surface area contributed by atoms with Crippen molar-refractivity contribution in [1.82, 2.24) is 9.88 Å². The quantitative estimate of drug-likeness (QED) is 0.884. The van der Waals surface area contributed by atoms with Crippen molar-refractivity contribution in [2.24, 2.45) is 0 Å². The van der Waals surface area contributed by atoms with E-state index < -0.39 is 0 Å². The molecule has 0 aliphatic carbocycles. The van der Waals surface area contributed by atoms with Crippen molar-refractivity contribution in [3.63, 3.8) is 0 Å².